The molecule has 2 nitrogen and oxygen atoms in total. The maximum Gasteiger partial charge on any atom is 0.251 e. The molecule has 0 saturated heterocycles. The Bertz CT molecular complexity index is 983. The van der Waals surface area contributed by atoms with E-state index in [-0.39, 0.29) is 12.8 Å². The molecular weight excluding hydrogens is 318 g/mol. The van der Waals surface area contributed by atoms with Gasteiger partial charge in [0.1, 0.15) is 0 Å². The van der Waals surface area contributed by atoms with Crippen LogP contribution in [0.15, 0.2) is 48.5 Å². The SMILES string of the molecule is Cc1c(N)cccc1-c1cccc2[nH]c(C3=CCC(F)(F)CC3)cc12. The minimum atomic E-state index is -2.57. The second kappa shape index (κ2) is 5.73. The van der Waals surface area contributed by atoms with Gasteiger partial charge in [0.15, 0.2) is 0 Å². The Morgan fingerprint density at radius 1 is 1.08 bits per heavy atom. The van der Waals surface area contributed by atoms with Crippen LogP contribution in [0.3, 0.4) is 0 Å². The van der Waals surface area contributed by atoms with Crippen LogP contribution in [0, 0.1) is 6.92 Å². The lowest BCUT2D eigenvalue weighted by Gasteiger charge is -2.20. The Balaban J connectivity index is 1.83. The van der Waals surface area contributed by atoms with Gasteiger partial charge in [-0.15, -0.1) is 0 Å². The monoisotopic (exact) mass is 338 g/mol. The minimum absolute atomic E-state index is 0.0879. The first-order chi connectivity index (χ1) is 11.9. The molecule has 0 aliphatic heterocycles. The Morgan fingerprint density at radius 3 is 2.60 bits per heavy atom. The molecular formula is C21H20F2N2. The highest BCUT2D eigenvalue weighted by Gasteiger charge is 2.31. The van der Waals surface area contributed by atoms with Crippen molar-refractivity contribution in [3.63, 3.8) is 0 Å². The summed E-state index contributed by atoms with van der Waals surface area (Å²) in [5.41, 5.74) is 13.0. The predicted octanol–water partition coefficient (Wildman–Crippen LogP) is 5.93. The maximum atomic E-state index is 13.4. The topological polar surface area (TPSA) is 41.8 Å². The number of allylic oxidation sites excluding steroid dienone is 2. The maximum absolute atomic E-state index is 13.4. The van der Waals surface area contributed by atoms with E-state index < -0.39 is 5.92 Å². The van der Waals surface area contributed by atoms with Crippen molar-refractivity contribution in [3.05, 3.63) is 59.8 Å². The average molecular weight is 338 g/mol. The van der Waals surface area contributed by atoms with Gasteiger partial charge >= 0.3 is 0 Å². The number of nitrogen functional groups attached to an aromatic ring is 1. The lowest BCUT2D eigenvalue weighted by Crippen LogP contribution is -2.18. The molecule has 1 heterocycles. The van der Waals surface area contributed by atoms with Crippen LogP contribution < -0.4 is 5.73 Å². The number of fused-ring (bicyclic) bond motifs is 1. The summed E-state index contributed by atoms with van der Waals surface area (Å²) in [6, 6.07) is 14.1. The quantitative estimate of drug-likeness (QED) is 0.559. The molecule has 3 aromatic rings. The molecule has 25 heavy (non-hydrogen) atoms. The number of H-pyrrole nitrogens is 1. The lowest BCUT2D eigenvalue weighted by atomic mass is 9.93. The molecule has 1 aliphatic rings. The van der Waals surface area contributed by atoms with E-state index in [0.29, 0.717) is 6.42 Å². The molecule has 128 valence electrons. The summed E-state index contributed by atoms with van der Waals surface area (Å²) in [4.78, 5) is 3.39. The largest absolute Gasteiger partial charge is 0.398 e. The number of alkyl halides is 2. The van der Waals surface area contributed by atoms with Gasteiger partial charge in [0, 0.05) is 35.1 Å². The van der Waals surface area contributed by atoms with Crippen LogP contribution >= 0.6 is 0 Å². The van der Waals surface area contributed by atoms with E-state index >= 15 is 0 Å². The molecule has 1 aliphatic carbocycles. The second-order valence-electron chi connectivity index (χ2n) is 6.76. The molecule has 0 fully saturated rings. The number of anilines is 1. The minimum Gasteiger partial charge on any atom is -0.398 e. The number of rotatable bonds is 2. The smallest absolute Gasteiger partial charge is 0.251 e. The number of hydrogen-bond acceptors (Lipinski definition) is 1. The molecule has 0 bridgehead atoms. The lowest BCUT2D eigenvalue weighted by molar-refractivity contribution is -0.00604. The van der Waals surface area contributed by atoms with Gasteiger partial charge in [0.05, 0.1) is 0 Å². The molecule has 4 rings (SSSR count). The van der Waals surface area contributed by atoms with E-state index in [4.69, 9.17) is 5.73 Å². The van der Waals surface area contributed by atoms with Crippen LogP contribution in [0.25, 0.3) is 27.6 Å². The van der Waals surface area contributed by atoms with Crippen molar-refractivity contribution in [2.24, 2.45) is 0 Å². The van der Waals surface area contributed by atoms with E-state index in [2.05, 4.69) is 23.2 Å². The third-order valence-corrected chi connectivity index (χ3v) is 5.08. The summed E-state index contributed by atoms with van der Waals surface area (Å²) in [6.07, 6.45) is 1.79. The van der Waals surface area contributed by atoms with Crippen LogP contribution in [-0.2, 0) is 0 Å². The zero-order chi connectivity index (χ0) is 17.6. The molecule has 0 amide bonds. The summed E-state index contributed by atoms with van der Waals surface area (Å²) in [5, 5.41) is 1.09. The van der Waals surface area contributed by atoms with Crippen molar-refractivity contribution in [3.8, 4) is 11.1 Å². The molecule has 1 aromatic heterocycles. The first kappa shape index (κ1) is 15.9. The van der Waals surface area contributed by atoms with Crippen molar-refractivity contribution in [1.82, 2.24) is 4.98 Å². The number of aromatic nitrogens is 1. The number of nitrogens with two attached hydrogens (primary N) is 1. The summed E-state index contributed by atoms with van der Waals surface area (Å²) >= 11 is 0. The zero-order valence-electron chi connectivity index (χ0n) is 14.1. The Kier molecular flexibility index (Phi) is 3.64. The second-order valence-corrected chi connectivity index (χ2v) is 6.76. The first-order valence-corrected chi connectivity index (χ1v) is 8.49. The number of aromatic amines is 1. The van der Waals surface area contributed by atoms with Gasteiger partial charge < -0.3 is 10.7 Å². The molecule has 0 unspecified atom stereocenters. The number of halogens is 2. The van der Waals surface area contributed by atoms with Crippen LogP contribution in [0.2, 0.25) is 0 Å². The Labute approximate surface area is 145 Å². The molecule has 0 spiro atoms. The number of hydrogen-bond donors (Lipinski definition) is 2. The van der Waals surface area contributed by atoms with E-state index in [0.717, 1.165) is 44.5 Å². The molecule has 2 aromatic carbocycles. The molecule has 4 heteroatoms. The molecule has 3 N–H and O–H groups in total. The van der Waals surface area contributed by atoms with Gasteiger partial charge in [-0.05, 0) is 53.8 Å². The number of nitrogens with one attached hydrogen (secondary N) is 1. The Morgan fingerprint density at radius 2 is 1.84 bits per heavy atom. The highest BCUT2D eigenvalue weighted by molar-refractivity contribution is 5.98. The van der Waals surface area contributed by atoms with Crippen molar-refractivity contribution in [1.29, 1.82) is 0 Å². The van der Waals surface area contributed by atoms with Crippen molar-refractivity contribution < 1.29 is 8.78 Å². The fraction of sp³-hybridized carbons (Fsp3) is 0.238. The van der Waals surface area contributed by atoms with Crippen LogP contribution in [0.1, 0.15) is 30.5 Å². The van der Waals surface area contributed by atoms with E-state index in [1.807, 2.05) is 31.2 Å². The average Bonchev–Trinajstić information content (AvgIpc) is 3.01. The van der Waals surface area contributed by atoms with Crippen LogP contribution in [0.4, 0.5) is 14.5 Å². The van der Waals surface area contributed by atoms with Crippen molar-refractivity contribution >= 4 is 22.2 Å². The standard InChI is InChI=1S/C21H20F2N2/c1-13-15(4-2-6-18(13)24)16-5-3-7-19-17(16)12-20(25-19)14-8-10-21(22,23)11-9-14/h2-8,12,25H,9-11,24H2,1H3. The fourth-order valence-electron chi connectivity index (χ4n) is 3.55. The van der Waals surface area contributed by atoms with Gasteiger partial charge in [0.25, 0.3) is 5.92 Å². The normalized spacial score (nSPS) is 16.8. The zero-order valence-corrected chi connectivity index (χ0v) is 14.1. The summed E-state index contributed by atoms with van der Waals surface area (Å²) in [6.45, 7) is 2.02. The van der Waals surface area contributed by atoms with E-state index in [1.54, 1.807) is 6.08 Å². The molecule has 0 saturated carbocycles. The summed E-state index contributed by atoms with van der Waals surface area (Å²) < 4.78 is 26.8. The first-order valence-electron chi connectivity index (χ1n) is 8.49. The molecule has 0 atom stereocenters. The van der Waals surface area contributed by atoms with Gasteiger partial charge in [0.2, 0.25) is 0 Å². The van der Waals surface area contributed by atoms with E-state index in [9.17, 15) is 8.78 Å². The Hall–Kier alpha value is -2.62. The number of benzene rings is 2. The summed E-state index contributed by atoms with van der Waals surface area (Å²) in [5.74, 6) is -2.57. The highest BCUT2D eigenvalue weighted by atomic mass is 19.3. The third-order valence-electron chi connectivity index (χ3n) is 5.08. The highest BCUT2D eigenvalue weighted by Crippen LogP contribution is 2.39. The third kappa shape index (κ3) is 2.82. The van der Waals surface area contributed by atoms with Crippen molar-refractivity contribution in [2.75, 3.05) is 5.73 Å². The van der Waals surface area contributed by atoms with Crippen LogP contribution in [-0.4, -0.2) is 10.9 Å². The fourth-order valence-corrected chi connectivity index (χ4v) is 3.55. The van der Waals surface area contributed by atoms with Gasteiger partial charge in [-0.25, -0.2) is 8.78 Å². The van der Waals surface area contributed by atoms with Gasteiger partial charge in [-0.2, -0.15) is 0 Å². The predicted molar refractivity (Wildman–Crippen MR) is 99.7 cm³/mol. The van der Waals surface area contributed by atoms with Gasteiger partial charge in [-0.3, -0.25) is 0 Å². The van der Waals surface area contributed by atoms with Crippen LogP contribution in [0.5, 0.6) is 0 Å². The van der Waals surface area contributed by atoms with Crippen molar-refractivity contribution in [2.45, 2.75) is 32.1 Å². The van der Waals surface area contributed by atoms with E-state index in [1.165, 1.54) is 0 Å². The summed E-state index contributed by atoms with van der Waals surface area (Å²) in [7, 11) is 0. The molecule has 0 radical (unpaired) electrons. The van der Waals surface area contributed by atoms with Gasteiger partial charge in [-0.1, -0.05) is 30.3 Å².